The minimum Gasteiger partial charge on any atom is -0.453 e. The van der Waals surface area contributed by atoms with Crippen LogP contribution in [-0.2, 0) is 12.6 Å². The second kappa shape index (κ2) is 5.27. The van der Waals surface area contributed by atoms with E-state index in [1.54, 1.807) is 0 Å². The molecule has 0 radical (unpaired) electrons. The van der Waals surface area contributed by atoms with Crippen LogP contribution in [0.15, 0.2) is 41.0 Å². The summed E-state index contributed by atoms with van der Waals surface area (Å²) in [6.07, 6.45) is -3.77. The first-order chi connectivity index (χ1) is 8.88. The van der Waals surface area contributed by atoms with Gasteiger partial charge in [-0.2, -0.15) is 13.2 Å². The van der Waals surface area contributed by atoms with Gasteiger partial charge in [0.05, 0.1) is 17.9 Å². The molecule has 19 heavy (non-hydrogen) atoms. The largest absolute Gasteiger partial charge is 0.453 e. The molecule has 0 spiro atoms. The number of halogens is 4. The Kier molecular flexibility index (Phi) is 3.87. The second-order valence-electron chi connectivity index (χ2n) is 4.06. The number of rotatable bonds is 3. The van der Waals surface area contributed by atoms with Crippen LogP contribution < -0.4 is 0 Å². The summed E-state index contributed by atoms with van der Waals surface area (Å²) in [5, 5.41) is 9.99. The summed E-state index contributed by atoms with van der Waals surface area (Å²) >= 11 is 5.71. The Hall–Kier alpha value is -1.46. The summed E-state index contributed by atoms with van der Waals surface area (Å²) in [7, 11) is 0. The minimum atomic E-state index is -4.36. The van der Waals surface area contributed by atoms with Gasteiger partial charge in [-0.25, -0.2) is 0 Å². The monoisotopic (exact) mass is 290 g/mol. The molecule has 102 valence electrons. The molecule has 0 aliphatic carbocycles. The lowest BCUT2D eigenvalue weighted by Gasteiger charge is -2.11. The number of alkyl halides is 3. The lowest BCUT2D eigenvalue weighted by atomic mass is 10.0. The Bertz CT molecular complexity index is 546. The van der Waals surface area contributed by atoms with Crippen molar-refractivity contribution in [2.24, 2.45) is 0 Å². The zero-order valence-electron chi connectivity index (χ0n) is 9.62. The molecule has 0 bridgehead atoms. The third-order valence-electron chi connectivity index (χ3n) is 2.72. The zero-order valence-corrected chi connectivity index (χ0v) is 10.4. The maximum absolute atomic E-state index is 12.4. The van der Waals surface area contributed by atoms with Crippen molar-refractivity contribution in [3.63, 3.8) is 0 Å². The predicted octanol–water partition coefficient (Wildman–Crippen LogP) is 4.23. The van der Waals surface area contributed by atoms with Gasteiger partial charge in [-0.15, -0.1) is 0 Å². The van der Waals surface area contributed by atoms with Gasteiger partial charge in [-0.05, 0) is 35.4 Å². The molecule has 0 aliphatic rings. The van der Waals surface area contributed by atoms with Gasteiger partial charge < -0.3 is 9.52 Å². The number of benzene rings is 1. The molecule has 1 heterocycles. The quantitative estimate of drug-likeness (QED) is 0.918. The first-order valence-electron chi connectivity index (χ1n) is 5.45. The topological polar surface area (TPSA) is 33.4 Å². The van der Waals surface area contributed by atoms with Gasteiger partial charge in [-0.3, -0.25) is 0 Å². The van der Waals surface area contributed by atoms with Gasteiger partial charge in [0.1, 0.15) is 0 Å². The molecule has 2 rings (SSSR count). The molecule has 1 N–H and O–H groups in total. The SMILES string of the molecule is OC(Cc1ccc(C(F)(F)F)cc1)c1ccoc1Cl. The van der Waals surface area contributed by atoms with Gasteiger partial charge in [0.2, 0.25) is 0 Å². The third-order valence-corrected chi connectivity index (χ3v) is 3.02. The standard InChI is InChI=1S/C13H10ClF3O2/c14-12-10(5-6-19-12)11(18)7-8-1-3-9(4-2-8)13(15,16)17/h1-6,11,18H,7H2. The van der Waals surface area contributed by atoms with Gasteiger partial charge in [0, 0.05) is 12.0 Å². The van der Waals surface area contributed by atoms with E-state index in [0.29, 0.717) is 11.1 Å². The van der Waals surface area contributed by atoms with E-state index in [1.807, 2.05) is 0 Å². The van der Waals surface area contributed by atoms with Crippen LogP contribution in [0.5, 0.6) is 0 Å². The molecule has 0 saturated heterocycles. The third kappa shape index (κ3) is 3.30. The smallest absolute Gasteiger partial charge is 0.416 e. The number of furan rings is 1. The lowest BCUT2D eigenvalue weighted by molar-refractivity contribution is -0.137. The summed E-state index contributed by atoms with van der Waals surface area (Å²) in [4.78, 5) is 0. The zero-order chi connectivity index (χ0) is 14.0. The highest BCUT2D eigenvalue weighted by Crippen LogP contribution is 2.30. The first kappa shape index (κ1) is 14.0. The predicted molar refractivity (Wildman–Crippen MR) is 63.8 cm³/mol. The Labute approximate surface area is 112 Å². The van der Waals surface area contributed by atoms with Crippen LogP contribution in [0.4, 0.5) is 13.2 Å². The Balaban J connectivity index is 2.10. The maximum atomic E-state index is 12.4. The number of aliphatic hydroxyl groups is 1. The highest BCUT2D eigenvalue weighted by Gasteiger charge is 2.30. The summed E-state index contributed by atoms with van der Waals surface area (Å²) < 4.78 is 42.0. The molecule has 2 nitrogen and oxygen atoms in total. The summed E-state index contributed by atoms with van der Waals surface area (Å²) in [5.41, 5.74) is 0.284. The van der Waals surface area contributed by atoms with Crippen molar-refractivity contribution in [3.05, 3.63) is 58.5 Å². The van der Waals surface area contributed by atoms with E-state index in [-0.39, 0.29) is 11.6 Å². The minimum absolute atomic E-state index is 0.0828. The van der Waals surface area contributed by atoms with Crippen LogP contribution in [0.2, 0.25) is 5.22 Å². The van der Waals surface area contributed by atoms with Gasteiger partial charge in [-0.1, -0.05) is 12.1 Å². The summed E-state index contributed by atoms with van der Waals surface area (Å²) in [5.74, 6) is 0. The molecule has 1 aromatic carbocycles. The van der Waals surface area contributed by atoms with E-state index in [2.05, 4.69) is 0 Å². The van der Waals surface area contributed by atoms with E-state index in [1.165, 1.54) is 24.5 Å². The second-order valence-corrected chi connectivity index (χ2v) is 4.41. The first-order valence-corrected chi connectivity index (χ1v) is 5.83. The Morgan fingerprint density at radius 3 is 2.26 bits per heavy atom. The molecule has 1 unspecified atom stereocenters. The Morgan fingerprint density at radius 2 is 1.79 bits per heavy atom. The molecule has 0 saturated carbocycles. The van der Waals surface area contributed by atoms with E-state index < -0.39 is 17.8 Å². The average Bonchev–Trinajstić information content (AvgIpc) is 2.75. The summed E-state index contributed by atoms with van der Waals surface area (Å²) in [6, 6.07) is 6.16. The normalized spacial score (nSPS) is 13.5. The molecule has 0 aliphatic heterocycles. The van der Waals surface area contributed by atoms with Gasteiger partial charge in [0.25, 0.3) is 0 Å². The van der Waals surface area contributed by atoms with Crippen LogP contribution >= 0.6 is 11.6 Å². The van der Waals surface area contributed by atoms with Gasteiger partial charge in [0.15, 0.2) is 5.22 Å². The van der Waals surface area contributed by atoms with Crippen LogP contribution in [0, 0.1) is 0 Å². The van der Waals surface area contributed by atoms with Crippen LogP contribution in [0.25, 0.3) is 0 Å². The van der Waals surface area contributed by atoms with Crippen molar-refractivity contribution in [2.75, 3.05) is 0 Å². The fourth-order valence-electron chi connectivity index (χ4n) is 1.71. The Morgan fingerprint density at radius 1 is 1.16 bits per heavy atom. The van der Waals surface area contributed by atoms with Crippen molar-refractivity contribution in [1.82, 2.24) is 0 Å². The highest BCUT2D eigenvalue weighted by atomic mass is 35.5. The molecular weight excluding hydrogens is 281 g/mol. The highest BCUT2D eigenvalue weighted by molar-refractivity contribution is 6.29. The van der Waals surface area contributed by atoms with Gasteiger partial charge >= 0.3 is 6.18 Å². The van der Waals surface area contributed by atoms with Crippen molar-refractivity contribution < 1.29 is 22.7 Å². The molecule has 2 aromatic rings. The van der Waals surface area contributed by atoms with Crippen molar-refractivity contribution in [3.8, 4) is 0 Å². The molecule has 1 atom stereocenters. The molecule has 1 aromatic heterocycles. The van der Waals surface area contributed by atoms with Crippen molar-refractivity contribution >= 4 is 11.6 Å². The molecular formula is C13H10ClF3O2. The number of hydrogen-bond acceptors (Lipinski definition) is 2. The van der Waals surface area contributed by atoms with Crippen molar-refractivity contribution in [1.29, 1.82) is 0 Å². The van der Waals surface area contributed by atoms with Crippen LogP contribution in [0.1, 0.15) is 22.8 Å². The fourth-order valence-corrected chi connectivity index (χ4v) is 1.95. The summed E-state index contributed by atoms with van der Waals surface area (Å²) in [6.45, 7) is 0. The number of hydrogen-bond donors (Lipinski definition) is 1. The lowest BCUT2D eigenvalue weighted by Crippen LogP contribution is -2.05. The van der Waals surface area contributed by atoms with E-state index in [0.717, 1.165) is 12.1 Å². The van der Waals surface area contributed by atoms with Crippen LogP contribution in [0.3, 0.4) is 0 Å². The van der Waals surface area contributed by atoms with E-state index >= 15 is 0 Å². The number of aliphatic hydroxyl groups excluding tert-OH is 1. The fraction of sp³-hybridized carbons (Fsp3) is 0.231. The molecule has 6 heteroatoms. The van der Waals surface area contributed by atoms with E-state index in [4.69, 9.17) is 16.0 Å². The van der Waals surface area contributed by atoms with Crippen LogP contribution in [-0.4, -0.2) is 5.11 Å². The molecule has 0 amide bonds. The average molecular weight is 291 g/mol. The van der Waals surface area contributed by atoms with E-state index in [9.17, 15) is 18.3 Å². The maximum Gasteiger partial charge on any atom is 0.416 e. The van der Waals surface area contributed by atoms with Crippen molar-refractivity contribution in [2.45, 2.75) is 18.7 Å². The molecule has 0 fully saturated rings.